The number of esters is 1. The fraction of sp³-hybridized carbons (Fsp3) is 0.571. The zero-order valence-electron chi connectivity index (χ0n) is 15.1. The molecule has 132 valence electrons. The number of carbonyl (C=O) groups excluding carboxylic acids is 1. The third-order valence-electron chi connectivity index (χ3n) is 3.88. The molecular formula is C21H30O3. The van der Waals surface area contributed by atoms with Gasteiger partial charge in [-0.1, -0.05) is 75.8 Å². The topological polar surface area (TPSA) is 35.5 Å². The number of carbonyl (C=O) groups is 1. The molecule has 1 aromatic carbocycles. The second kappa shape index (κ2) is 13.5. The normalized spacial score (nSPS) is 9.92. The van der Waals surface area contributed by atoms with Crippen LogP contribution in [0, 0.1) is 11.8 Å². The summed E-state index contributed by atoms with van der Waals surface area (Å²) in [5, 5.41) is 0. The van der Waals surface area contributed by atoms with Crippen LogP contribution >= 0.6 is 0 Å². The number of unbranched alkanes of at least 4 members (excludes halogenated alkanes) is 8. The Hall–Kier alpha value is -1.95. The van der Waals surface area contributed by atoms with E-state index in [1.807, 2.05) is 6.07 Å². The van der Waals surface area contributed by atoms with Gasteiger partial charge >= 0.3 is 5.97 Å². The van der Waals surface area contributed by atoms with E-state index in [4.69, 9.17) is 9.47 Å². The standard InChI is InChI=1S/C21H30O3/c1-3-4-5-6-7-8-9-10-11-12-15-18-24-21(22)19-16-13-14-17-20(19)23-2/h13-14,16-17H,3-11,18H2,1-2H3. The van der Waals surface area contributed by atoms with Gasteiger partial charge in [-0.3, -0.25) is 0 Å². The van der Waals surface area contributed by atoms with E-state index in [0.29, 0.717) is 11.3 Å². The number of para-hydroxylation sites is 1. The van der Waals surface area contributed by atoms with Crippen molar-refractivity contribution in [1.82, 2.24) is 0 Å². The zero-order valence-corrected chi connectivity index (χ0v) is 15.1. The summed E-state index contributed by atoms with van der Waals surface area (Å²) in [6, 6.07) is 7.03. The maximum Gasteiger partial charge on any atom is 0.342 e. The lowest BCUT2D eigenvalue weighted by atomic mass is 10.1. The largest absolute Gasteiger partial charge is 0.496 e. The average molecular weight is 330 g/mol. The predicted molar refractivity (Wildman–Crippen MR) is 98.3 cm³/mol. The van der Waals surface area contributed by atoms with Crippen LogP contribution in [0.25, 0.3) is 0 Å². The molecule has 0 atom stereocenters. The smallest absolute Gasteiger partial charge is 0.342 e. The monoisotopic (exact) mass is 330 g/mol. The number of benzene rings is 1. The van der Waals surface area contributed by atoms with E-state index in [-0.39, 0.29) is 6.61 Å². The van der Waals surface area contributed by atoms with Crippen molar-refractivity contribution in [2.75, 3.05) is 13.7 Å². The second-order valence-corrected chi connectivity index (χ2v) is 5.85. The maximum atomic E-state index is 11.9. The molecule has 1 rings (SSSR count). The predicted octanol–water partition coefficient (Wildman–Crippen LogP) is 5.39. The minimum Gasteiger partial charge on any atom is -0.496 e. The third kappa shape index (κ3) is 8.62. The third-order valence-corrected chi connectivity index (χ3v) is 3.88. The highest BCUT2D eigenvalue weighted by molar-refractivity contribution is 5.92. The lowest BCUT2D eigenvalue weighted by Gasteiger charge is -2.06. The summed E-state index contributed by atoms with van der Waals surface area (Å²) in [6.07, 6.45) is 11.3. The Bertz CT molecular complexity index is 525. The van der Waals surface area contributed by atoms with Gasteiger partial charge < -0.3 is 9.47 Å². The van der Waals surface area contributed by atoms with Crippen LogP contribution in [0.4, 0.5) is 0 Å². The van der Waals surface area contributed by atoms with Crippen molar-refractivity contribution < 1.29 is 14.3 Å². The van der Waals surface area contributed by atoms with Gasteiger partial charge in [0.15, 0.2) is 6.61 Å². The molecular weight excluding hydrogens is 300 g/mol. The number of hydrogen-bond donors (Lipinski definition) is 0. The van der Waals surface area contributed by atoms with Crippen molar-refractivity contribution in [1.29, 1.82) is 0 Å². The molecule has 0 fully saturated rings. The quantitative estimate of drug-likeness (QED) is 0.310. The summed E-state index contributed by atoms with van der Waals surface area (Å²) in [4.78, 5) is 11.9. The Kier molecular flexibility index (Phi) is 11.3. The summed E-state index contributed by atoms with van der Waals surface area (Å²) in [5.74, 6) is 6.11. The van der Waals surface area contributed by atoms with Crippen LogP contribution in [0.2, 0.25) is 0 Å². The Morgan fingerprint density at radius 3 is 2.33 bits per heavy atom. The van der Waals surface area contributed by atoms with E-state index < -0.39 is 5.97 Å². The molecule has 0 aliphatic heterocycles. The van der Waals surface area contributed by atoms with Crippen molar-refractivity contribution >= 4 is 5.97 Å². The van der Waals surface area contributed by atoms with E-state index in [1.165, 1.54) is 52.1 Å². The maximum absolute atomic E-state index is 11.9. The van der Waals surface area contributed by atoms with Gasteiger partial charge in [0.1, 0.15) is 11.3 Å². The van der Waals surface area contributed by atoms with Gasteiger partial charge in [-0.2, -0.15) is 0 Å². The van der Waals surface area contributed by atoms with Crippen LogP contribution in [0.1, 0.15) is 75.1 Å². The molecule has 24 heavy (non-hydrogen) atoms. The Morgan fingerprint density at radius 2 is 1.62 bits per heavy atom. The highest BCUT2D eigenvalue weighted by Gasteiger charge is 2.11. The molecule has 0 radical (unpaired) electrons. The molecule has 0 spiro atoms. The van der Waals surface area contributed by atoms with Gasteiger partial charge in [-0.05, 0) is 18.6 Å². The molecule has 1 aromatic rings. The average Bonchev–Trinajstić information content (AvgIpc) is 2.62. The fourth-order valence-electron chi connectivity index (χ4n) is 2.48. The van der Waals surface area contributed by atoms with Crippen LogP contribution in [0.3, 0.4) is 0 Å². The SMILES string of the molecule is CCCCCCCCCCC#CCOC(=O)c1ccccc1OC. The molecule has 3 nitrogen and oxygen atoms in total. The van der Waals surface area contributed by atoms with Gasteiger partial charge in [0.05, 0.1) is 7.11 Å². The zero-order chi connectivity index (χ0) is 17.5. The minimum absolute atomic E-state index is 0.133. The van der Waals surface area contributed by atoms with E-state index in [1.54, 1.807) is 18.2 Å². The van der Waals surface area contributed by atoms with E-state index in [2.05, 4.69) is 18.8 Å². The lowest BCUT2D eigenvalue weighted by Crippen LogP contribution is -2.07. The molecule has 0 N–H and O–H groups in total. The molecule has 0 aromatic heterocycles. The van der Waals surface area contributed by atoms with Crippen LogP contribution in [-0.4, -0.2) is 19.7 Å². The van der Waals surface area contributed by atoms with Crippen LogP contribution in [0.5, 0.6) is 5.75 Å². The lowest BCUT2D eigenvalue weighted by molar-refractivity contribution is 0.0553. The van der Waals surface area contributed by atoms with Crippen molar-refractivity contribution in [3.05, 3.63) is 29.8 Å². The minimum atomic E-state index is -0.395. The number of hydrogen-bond acceptors (Lipinski definition) is 3. The summed E-state index contributed by atoms with van der Waals surface area (Å²) in [7, 11) is 1.54. The van der Waals surface area contributed by atoms with E-state index in [0.717, 1.165) is 12.8 Å². The van der Waals surface area contributed by atoms with Gasteiger partial charge in [-0.25, -0.2) is 4.79 Å². The molecule has 0 bridgehead atoms. The Morgan fingerprint density at radius 1 is 0.958 bits per heavy atom. The molecule has 0 heterocycles. The van der Waals surface area contributed by atoms with Gasteiger partial charge in [0.2, 0.25) is 0 Å². The summed E-state index contributed by atoms with van der Waals surface area (Å²) in [5.41, 5.74) is 0.435. The van der Waals surface area contributed by atoms with E-state index >= 15 is 0 Å². The number of ether oxygens (including phenoxy) is 2. The molecule has 0 amide bonds. The van der Waals surface area contributed by atoms with Gasteiger partial charge in [0.25, 0.3) is 0 Å². The van der Waals surface area contributed by atoms with Gasteiger partial charge in [0, 0.05) is 6.42 Å². The van der Waals surface area contributed by atoms with Crippen LogP contribution in [0.15, 0.2) is 24.3 Å². The Balaban J connectivity index is 2.09. The van der Waals surface area contributed by atoms with Crippen molar-refractivity contribution in [3.8, 4) is 17.6 Å². The molecule has 0 saturated heterocycles. The summed E-state index contributed by atoms with van der Waals surface area (Å²) >= 11 is 0. The molecule has 0 saturated carbocycles. The summed E-state index contributed by atoms with van der Waals surface area (Å²) < 4.78 is 10.3. The van der Waals surface area contributed by atoms with E-state index in [9.17, 15) is 4.79 Å². The summed E-state index contributed by atoms with van der Waals surface area (Å²) in [6.45, 7) is 2.38. The molecule has 0 aliphatic carbocycles. The highest BCUT2D eigenvalue weighted by Crippen LogP contribution is 2.17. The van der Waals surface area contributed by atoms with Gasteiger partial charge in [-0.15, -0.1) is 0 Å². The van der Waals surface area contributed by atoms with Crippen LogP contribution in [-0.2, 0) is 4.74 Å². The number of methoxy groups -OCH3 is 1. The van der Waals surface area contributed by atoms with Crippen molar-refractivity contribution in [2.24, 2.45) is 0 Å². The fourth-order valence-corrected chi connectivity index (χ4v) is 2.48. The molecule has 3 heteroatoms. The number of rotatable bonds is 11. The highest BCUT2D eigenvalue weighted by atomic mass is 16.5. The molecule has 0 unspecified atom stereocenters. The first-order valence-corrected chi connectivity index (χ1v) is 9.05. The second-order valence-electron chi connectivity index (χ2n) is 5.85. The van der Waals surface area contributed by atoms with Crippen LogP contribution < -0.4 is 4.74 Å². The Labute approximate surface area is 146 Å². The first-order valence-electron chi connectivity index (χ1n) is 9.05. The van der Waals surface area contributed by atoms with Crippen molar-refractivity contribution in [2.45, 2.75) is 64.7 Å². The van der Waals surface area contributed by atoms with Crippen molar-refractivity contribution in [3.63, 3.8) is 0 Å². The first kappa shape index (κ1) is 20.1. The molecule has 0 aliphatic rings. The first-order chi connectivity index (χ1) is 11.8.